The van der Waals surface area contributed by atoms with Crippen molar-refractivity contribution in [3.05, 3.63) is 12.7 Å². The lowest BCUT2D eigenvalue weighted by Gasteiger charge is -2.23. The van der Waals surface area contributed by atoms with Gasteiger partial charge in [0.2, 0.25) is 0 Å². The molecule has 0 aromatic carbocycles. The Morgan fingerprint density at radius 2 is 1.70 bits per heavy atom. The van der Waals surface area contributed by atoms with Gasteiger partial charge >= 0.3 is 0 Å². The van der Waals surface area contributed by atoms with E-state index in [1.165, 1.54) is 38.5 Å². The SMILES string of the molecule is C=CCCCCCCCCCCO[C@H]1[C@@H]([C@@H](O)CO)OC[C@H]1O. The molecule has 0 amide bonds. The van der Waals surface area contributed by atoms with Gasteiger partial charge in [-0.2, -0.15) is 0 Å². The zero-order valence-electron chi connectivity index (χ0n) is 14.2. The molecule has 1 aliphatic rings. The first-order valence-electron chi connectivity index (χ1n) is 9.01. The third-order valence-corrected chi connectivity index (χ3v) is 4.34. The van der Waals surface area contributed by atoms with Crippen LogP contribution in [0.3, 0.4) is 0 Å². The monoisotopic (exact) mass is 330 g/mol. The molecule has 0 aliphatic carbocycles. The van der Waals surface area contributed by atoms with E-state index < -0.39 is 24.4 Å². The van der Waals surface area contributed by atoms with Gasteiger partial charge in [0.05, 0.1) is 13.2 Å². The second-order valence-electron chi connectivity index (χ2n) is 6.36. The van der Waals surface area contributed by atoms with Crippen molar-refractivity contribution in [2.24, 2.45) is 0 Å². The normalized spacial score (nSPS) is 25.6. The summed E-state index contributed by atoms with van der Waals surface area (Å²) >= 11 is 0. The molecule has 0 saturated carbocycles. The minimum Gasteiger partial charge on any atom is -0.394 e. The fraction of sp³-hybridized carbons (Fsp3) is 0.889. The number of unbranched alkanes of at least 4 members (excludes halogenated alkanes) is 8. The van der Waals surface area contributed by atoms with Crippen molar-refractivity contribution >= 4 is 0 Å². The van der Waals surface area contributed by atoms with Crippen LogP contribution in [0, 0.1) is 0 Å². The maximum absolute atomic E-state index is 9.82. The Morgan fingerprint density at radius 3 is 2.30 bits per heavy atom. The largest absolute Gasteiger partial charge is 0.394 e. The molecular formula is C18H34O5. The summed E-state index contributed by atoms with van der Waals surface area (Å²) in [6, 6.07) is 0. The topological polar surface area (TPSA) is 79.2 Å². The average molecular weight is 330 g/mol. The Balaban J connectivity index is 1.98. The summed E-state index contributed by atoms with van der Waals surface area (Å²) in [6.45, 7) is 4.05. The fourth-order valence-electron chi connectivity index (χ4n) is 2.93. The van der Waals surface area contributed by atoms with Gasteiger partial charge in [-0.05, 0) is 19.3 Å². The van der Waals surface area contributed by atoms with Crippen molar-refractivity contribution in [2.45, 2.75) is 82.2 Å². The Bertz CT molecular complexity index is 297. The highest BCUT2D eigenvalue weighted by Crippen LogP contribution is 2.21. The van der Waals surface area contributed by atoms with E-state index in [0.29, 0.717) is 6.61 Å². The van der Waals surface area contributed by atoms with E-state index >= 15 is 0 Å². The minimum absolute atomic E-state index is 0.151. The molecule has 5 heteroatoms. The van der Waals surface area contributed by atoms with Crippen LogP contribution in [0.25, 0.3) is 0 Å². The van der Waals surface area contributed by atoms with Gasteiger partial charge in [0.15, 0.2) is 0 Å². The molecular weight excluding hydrogens is 296 g/mol. The summed E-state index contributed by atoms with van der Waals surface area (Å²) in [5, 5.41) is 28.5. The van der Waals surface area contributed by atoms with Gasteiger partial charge in [-0.1, -0.05) is 44.6 Å². The summed E-state index contributed by atoms with van der Waals surface area (Å²) in [6.07, 6.45) is 9.87. The van der Waals surface area contributed by atoms with Crippen molar-refractivity contribution in [1.29, 1.82) is 0 Å². The third kappa shape index (κ3) is 8.27. The second-order valence-corrected chi connectivity index (χ2v) is 6.36. The van der Waals surface area contributed by atoms with Gasteiger partial charge in [-0.25, -0.2) is 0 Å². The lowest BCUT2D eigenvalue weighted by molar-refractivity contribution is -0.0938. The van der Waals surface area contributed by atoms with Gasteiger partial charge in [0.25, 0.3) is 0 Å². The molecule has 1 fully saturated rings. The van der Waals surface area contributed by atoms with Crippen LogP contribution in [0.5, 0.6) is 0 Å². The molecule has 5 nitrogen and oxygen atoms in total. The summed E-state index contributed by atoms with van der Waals surface area (Å²) in [4.78, 5) is 0. The first-order valence-corrected chi connectivity index (χ1v) is 9.01. The molecule has 0 aromatic rings. The van der Waals surface area contributed by atoms with Crippen LogP contribution < -0.4 is 0 Å². The maximum Gasteiger partial charge on any atom is 0.114 e. The molecule has 1 saturated heterocycles. The molecule has 0 unspecified atom stereocenters. The van der Waals surface area contributed by atoms with Crippen molar-refractivity contribution < 1.29 is 24.8 Å². The molecule has 1 rings (SSSR count). The smallest absolute Gasteiger partial charge is 0.114 e. The zero-order valence-corrected chi connectivity index (χ0v) is 14.2. The Labute approximate surface area is 140 Å². The summed E-state index contributed by atoms with van der Waals surface area (Å²) in [5.74, 6) is 0. The fourth-order valence-corrected chi connectivity index (χ4v) is 2.93. The van der Waals surface area contributed by atoms with Crippen LogP contribution in [0.15, 0.2) is 12.7 Å². The summed E-state index contributed by atoms with van der Waals surface area (Å²) in [5.41, 5.74) is 0. The molecule has 1 aliphatic heterocycles. The van der Waals surface area contributed by atoms with Crippen molar-refractivity contribution in [2.75, 3.05) is 19.8 Å². The first kappa shape index (κ1) is 20.6. The van der Waals surface area contributed by atoms with E-state index in [2.05, 4.69) is 6.58 Å². The van der Waals surface area contributed by atoms with Crippen molar-refractivity contribution in [3.63, 3.8) is 0 Å². The van der Waals surface area contributed by atoms with Crippen molar-refractivity contribution in [3.8, 4) is 0 Å². The third-order valence-electron chi connectivity index (χ3n) is 4.34. The number of allylic oxidation sites excluding steroid dienone is 1. The number of ether oxygens (including phenoxy) is 2. The first-order chi connectivity index (χ1) is 11.2. The molecule has 0 bridgehead atoms. The van der Waals surface area contributed by atoms with Crippen LogP contribution in [0.4, 0.5) is 0 Å². The van der Waals surface area contributed by atoms with Crippen LogP contribution in [-0.2, 0) is 9.47 Å². The molecule has 0 radical (unpaired) electrons. The van der Waals surface area contributed by atoms with Gasteiger partial charge in [0.1, 0.15) is 24.4 Å². The highest BCUT2D eigenvalue weighted by Gasteiger charge is 2.40. The molecule has 3 N–H and O–H groups in total. The lowest BCUT2D eigenvalue weighted by Crippen LogP contribution is -2.42. The lowest BCUT2D eigenvalue weighted by atomic mass is 10.1. The number of aliphatic hydroxyl groups is 3. The molecule has 1 heterocycles. The highest BCUT2D eigenvalue weighted by atomic mass is 16.6. The minimum atomic E-state index is -1.00. The number of rotatable bonds is 14. The van der Waals surface area contributed by atoms with Crippen LogP contribution in [-0.4, -0.2) is 59.6 Å². The standard InChI is InChI=1S/C18H34O5/c1-2-3-4-5-6-7-8-9-10-11-12-22-18-16(21)14-23-17(18)15(20)13-19/h2,15-21H,1,3-14H2/t15-,16+,17+,18+/m0/s1. The number of hydrogen-bond donors (Lipinski definition) is 3. The molecule has 23 heavy (non-hydrogen) atoms. The second kappa shape index (κ2) is 12.9. The Morgan fingerprint density at radius 1 is 1.09 bits per heavy atom. The summed E-state index contributed by atoms with van der Waals surface area (Å²) < 4.78 is 11.0. The van der Waals surface area contributed by atoms with Gasteiger partial charge < -0.3 is 24.8 Å². The van der Waals surface area contributed by atoms with Crippen LogP contribution >= 0.6 is 0 Å². The Hall–Kier alpha value is -0.460. The summed E-state index contributed by atoms with van der Waals surface area (Å²) in [7, 11) is 0. The molecule has 4 atom stereocenters. The number of hydrogen-bond acceptors (Lipinski definition) is 5. The van der Waals surface area contributed by atoms with E-state index in [9.17, 15) is 10.2 Å². The van der Waals surface area contributed by atoms with E-state index in [4.69, 9.17) is 14.6 Å². The highest BCUT2D eigenvalue weighted by molar-refractivity contribution is 4.89. The van der Waals surface area contributed by atoms with E-state index in [1.54, 1.807) is 0 Å². The van der Waals surface area contributed by atoms with E-state index in [1.807, 2.05) is 6.08 Å². The molecule has 0 aromatic heterocycles. The van der Waals surface area contributed by atoms with Gasteiger partial charge in [-0.15, -0.1) is 6.58 Å². The van der Waals surface area contributed by atoms with E-state index in [0.717, 1.165) is 19.3 Å². The zero-order chi connectivity index (χ0) is 16.9. The maximum atomic E-state index is 9.82. The van der Waals surface area contributed by atoms with Crippen LogP contribution in [0.2, 0.25) is 0 Å². The van der Waals surface area contributed by atoms with Crippen molar-refractivity contribution in [1.82, 2.24) is 0 Å². The predicted octanol–water partition coefficient (Wildman–Crippen LogP) is 2.18. The van der Waals surface area contributed by atoms with Crippen LogP contribution in [0.1, 0.15) is 57.8 Å². The molecule has 136 valence electrons. The Kier molecular flexibility index (Phi) is 11.5. The molecule has 0 spiro atoms. The van der Waals surface area contributed by atoms with Gasteiger partial charge in [-0.3, -0.25) is 0 Å². The number of aliphatic hydroxyl groups excluding tert-OH is 3. The quantitative estimate of drug-likeness (QED) is 0.336. The van der Waals surface area contributed by atoms with Gasteiger partial charge in [0, 0.05) is 6.61 Å². The van der Waals surface area contributed by atoms with E-state index in [-0.39, 0.29) is 13.2 Å². The average Bonchev–Trinajstić information content (AvgIpc) is 2.93. The predicted molar refractivity (Wildman–Crippen MR) is 90.3 cm³/mol.